The molecule has 1 heterocycles. The van der Waals surface area contributed by atoms with Crippen molar-refractivity contribution in [3.8, 4) is 0 Å². The topological polar surface area (TPSA) is 24.5 Å². The van der Waals surface area contributed by atoms with Gasteiger partial charge in [0, 0.05) is 24.2 Å². The van der Waals surface area contributed by atoms with E-state index in [1.54, 1.807) is 0 Å². The number of likely N-dealkylation sites (N-methyl/N-ethyl adjacent to an activating group) is 1. The summed E-state index contributed by atoms with van der Waals surface area (Å²) in [6, 6.07) is 8.50. The molecule has 2 atom stereocenters. The molecular formula is C17H27ClN2O. The summed E-state index contributed by atoms with van der Waals surface area (Å²) in [5.41, 5.74) is 1.27. The molecule has 0 saturated carbocycles. The smallest absolute Gasteiger partial charge is 0.0858 e. The van der Waals surface area contributed by atoms with Crippen LogP contribution in [-0.4, -0.2) is 49.8 Å². The molecule has 2 unspecified atom stereocenters. The Kier molecular flexibility index (Phi) is 6.97. The Labute approximate surface area is 133 Å². The Morgan fingerprint density at radius 2 is 2.29 bits per heavy atom. The predicted octanol–water partition coefficient (Wildman–Crippen LogP) is 2.97. The molecule has 1 fully saturated rings. The molecule has 0 amide bonds. The highest BCUT2D eigenvalue weighted by molar-refractivity contribution is 6.30. The number of morpholine rings is 1. The van der Waals surface area contributed by atoms with Crippen molar-refractivity contribution < 1.29 is 4.74 Å². The normalized spacial score (nSPS) is 21.4. The summed E-state index contributed by atoms with van der Waals surface area (Å²) in [6.45, 7) is 9.42. The van der Waals surface area contributed by atoms with Gasteiger partial charge in [0.15, 0.2) is 0 Å². The summed E-state index contributed by atoms with van der Waals surface area (Å²) in [7, 11) is 0. The first-order valence-corrected chi connectivity index (χ1v) is 8.42. The maximum Gasteiger partial charge on any atom is 0.0858 e. The third kappa shape index (κ3) is 5.26. The summed E-state index contributed by atoms with van der Waals surface area (Å²) >= 11 is 6.10. The fraction of sp³-hybridized carbons (Fsp3) is 0.647. The van der Waals surface area contributed by atoms with Gasteiger partial charge in [0.2, 0.25) is 0 Å². The van der Waals surface area contributed by atoms with Crippen molar-refractivity contribution in [3.63, 3.8) is 0 Å². The molecule has 0 aliphatic carbocycles. The van der Waals surface area contributed by atoms with Crippen molar-refractivity contribution >= 4 is 11.6 Å². The van der Waals surface area contributed by atoms with E-state index < -0.39 is 0 Å². The van der Waals surface area contributed by atoms with Crippen LogP contribution in [0.5, 0.6) is 0 Å². The number of benzene rings is 1. The van der Waals surface area contributed by atoms with Gasteiger partial charge in [0.05, 0.1) is 12.7 Å². The maximum atomic E-state index is 6.10. The maximum absolute atomic E-state index is 6.10. The van der Waals surface area contributed by atoms with Gasteiger partial charge >= 0.3 is 0 Å². The SMILES string of the molecule is CCCNC(Cc1cccc(Cl)c1)C1CN(CC)CCO1. The molecule has 1 aliphatic rings. The molecule has 4 heteroatoms. The predicted molar refractivity (Wildman–Crippen MR) is 89.1 cm³/mol. The molecular weight excluding hydrogens is 284 g/mol. The largest absolute Gasteiger partial charge is 0.374 e. The van der Waals surface area contributed by atoms with E-state index in [4.69, 9.17) is 16.3 Å². The average molecular weight is 311 g/mol. The van der Waals surface area contributed by atoms with E-state index in [2.05, 4.69) is 36.2 Å². The minimum atomic E-state index is 0.254. The molecule has 21 heavy (non-hydrogen) atoms. The van der Waals surface area contributed by atoms with Crippen molar-refractivity contribution in [1.29, 1.82) is 0 Å². The molecule has 118 valence electrons. The lowest BCUT2D eigenvalue weighted by Crippen LogP contribution is -2.53. The van der Waals surface area contributed by atoms with Gasteiger partial charge < -0.3 is 10.1 Å². The zero-order valence-electron chi connectivity index (χ0n) is 13.1. The minimum absolute atomic E-state index is 0.254. The second kappa shape index (κ2) is 8.74. The first-order chi connectivity index (χ1) is 10.2. The van der Waals surface area contributed by atoms with Crippen molar-refractivity contribution in [1.82, 2.24) is 10.2 Å². The molecule has 1 aliphatic heterocycles. The van der Waals surface area contributed by atoms with E-state index >= 15 is 0 Å². The van der Waals surface area contributed by atoms with Crippen LogP contribution in [0.4, 0.5) is 0 Å². The van der Waals surface area contributed by atoms with Crippen LogP contribution >= 0.6 is 11.6 Å². The van der Waals surface area contributed by atoms with Crippen LogP contribution in [0.2, 0.25) is 5.02 Å². The highest BCUT2D eigenvalue weighted by atomic mass is 35.5. The molecule has 0 spiro atoms. The second-order valence-electron chi connectivity index (χ2n) is 5.70. The molecule has 0 bridgehead atoms. The molecule has 2 rings (SSSR count). The van der Waals surface area contributed by atoms with Crippen LogP contribution < -0.4 is 5.32 Å². The Morgan fingerprint density at radius 1 is 1.43 bits per heavy atom. The summed E-state index contributed by atoms with van der Waals surface area (Å²) in [5.74, 6) is 0. The van der Waals surface area contributed by atoms with E-state index in [1.807, 2.05) is 12.1 Å². The summed E-state index contributed by atoms with van der Waals surface area (Å²) in [6.07, 6.45) is 2.35. The van der Waals surface area contributed by atoms with E-state index in [0.717, 1.165) is 50.7 Å². The number of hydrogen-bond acceptors (Lipinski definition) is 3. The zero-order chi connectivity index (χ0) is 15.1. The monoisotopic (exact) mass is 310 g/mol. The van der Waals surface area contributed by atoms with E-state index in [-0.39, 0.29) is 6.10 Å². The third-order valence-corrected chi connectivity index (χ3v) is 4.31. The molecule has 1 N–H and O–H groups in total. The zero-order valence-corrected chi connectivity index (χ0v) is 13.9. The lowest BCUT2D eigenvalue weighted by atomic mass is 9.99. The molecule has 0 aromatic heterocycles. The number of rotatable bonds is 7. The van der Waals surface area contributed by atoms with Crippen molar-refractivity contribution in [2.45, 2.75) is 38.8 Å². The van der Waals surface area contributed by atoms with E-state index in [1.165, 1.54) is 5.56 Å². The minimum Gasteiger partial charge on any atom is -0.374 e. The van der Waals surface area contributed by atoms with Gasteiger partial charge in [-0.1, -0.05) is 37.6 Å². The Balaban J connectivity index is 2.02. The fourth-order valence-electron chi connectivity index (χ4n) is 2.84. The van der Waals surface area contributed by atoms with Gasteiger partial charge in [-0.05, 0) is 43.6 Å². The molecule has 1 aromatic carbocycles. The van der Waals surface area contributed by atoms with Crippen LogP contribution in [0.25, 0.3) is 0 Å². The quantitative estimate of drug-likeness (QED) is 0.838. The van der Waals surface area contributed by atoms with Crippen LogP contribution in [-0.2, 0) is 11.2 Å². The fourth-order valence-corrected chi connectivity index (χ4v) is 3.06. The van der Waals surface area contributed by atoms with Crippen molar-refractivity contribution in [2.24, 2.45) is 0 Å². The molecule has 0 radical (unpaired) electrons. The first kappa shape index (κ1) is 16.8. The highest BCUT2D eigenvalue weighted by Gasteiger charge is 2.27. The number of hydrogen-bond donors (Lipinski definition) is 1. The summed E-state index contributed by atoms with van der Waals surface area (Å²) in [5, 5.41) is 4.46. The van der Waals surface area contributed by atoms with E-state index in [9.17, 15) is 0 Å². The Hall–Kier alpha value is -0.610. The Bertz CT molecular complexity index is 427. The number of ether oxygens (including phenoxy) is 1. The molecule has 1 aromatic rings. The second-order valence-corrected chi connectivity index (χ2v) is 6.13. The van der Waals surface area contributed by atoms with E-state index in [0.29, 0.717) is 6.04 Å². The van der Waals surface area contributed by atoms with Gasteiger partial charge in [-0.3, -0.25) is 4.90 Å². The van der Waals surface area contributed by atoms with Crippen LogP contribution in [0.1, 0.15) is 25.8 Å². The van der Waals surface area contributed by atoms with Crippen LogP contribution in [0.15, 0.2) is 24.3 Å². The molecule has 1 saturated heterocycles. The van der Waals surface area contributed by atoms with Gasteiger partial charge in [-0.25, -0.2) is 0 Å². The van der Waals surface area contributed by atoms with Gasteiger partial charge in [-0.2, -0.15) is 0 Å². The van der Waals surface area contributed by atoms with Gasteiger partial charge in [0.25, 0.3) is 0 Å². The lowest BCUT2D eigenvalue weighted by Gasteiger charge is -2.37. The average Bonchev–Trinajstić information content (AvgIpc) is 2.51. The first-order valence-electron chi connectivity index (χ1n) is 8.04. The van der Waals surface area contributed by atoms with Crippen LogP contribution in [0.3, 0.4) is 0 Å². The number of nitrogens with one attached hydrogen (secondary N) is 1. The lowest BCUT2D eigenvalue weighted by molar-refractivity contribution is -0.0447. The highest BCUT2D eigenvalue weighted by Crippen LogP contribution is 2.16. The Morgan fingerprint density at radius 3 is 3.00 bits per heavy atom. The standard InChI is InChI=1S/C17H27ClN2O/c1-3-8-19-16(12-14-6-5-7-15(18)11-14)17-13-20(4-2)9-10-21-17/h5-7,11,16-17,19H,3-4,8-10,12-13H2,1-2H3. The van der Waals surface area contributed by atoms with Gasteiger partial charge in [0.1, 0.15) is 0 Å². The summed E-state index contributed by atoms with van der Waals surface area (Å²) in [4.78, 5) is 2.47. The summed E-state index contributed by atoms with van der Waals surface area (Å²) < 4.78 is 6.03. The van der Waals surface area contributed by atoms with Crippen LogP contribution in [0, 0.1) is 0 Å². The third-order valence-electron chi connectivity index (χ3n) is 4.07. The molecule has 3 nitrogen and oxygen atoms in total. The van der Waals surface area contributed by atoms with Gasteiger partial charge in [-0.15, -0.1) is 0 Å². The number of halogens is 1. The number of nitrogens with zero attached hydrogens (tertiary/aromatic N) is 1. The van der Waals surface area contributed by atoms with Crippen molar-refractivity contribution in [2.75, 3.05) is 32.8 Å². The van der Waals surface area contributed by atoms with Crippen molar-refractivity contribution in [3.05, 3.63) is 34.9 Å².